The predicted octanol–water partition coefficient (Wildman–Crippen LogP) is -0.286. The van der Waals surface area contributed by atoms with Crippen molar-refractivity contribution in [1.82, 2.24) is 14.5 Å². The first-order chi connectivity index (χ1) is 8.95. The molecule has 100 valence electrons. The Morgan fingerprint density at radius 2 is 2.05 bits per heavy atom. The number of aromatic amines is 1. The van der Waals surface area contributed by atoms with Crippen LogP contribution in [0.1, 0.15) is 6.92 Å². The molecule has 0 amide bonds. The van der Waals surface area contributed by atoms with E-state index in [1.165, 1.54) is 31.5 Å². The molecular weight excluding hydrogens is 270 g/mol. The zero-order chi connectivity index (χ0) is 14.0. The van der Waals surface area contributed by atoms with E-state index in [-0.39, 0.29) is 16.5 Å². The van der Waals surface area contributed by atoms with Gasteiger partial charge in [0, 0.05) is 18.5 Å². The fourth-order valence-electron chi connectivity index (χ4n) is 1.55. The van der Waals surface area contributed by atoms with Crippen LogP contribution in [0.3, 0.4) is 0 Å². The molecule has 7 nitrogen and oxygen atoms in total. The lowest BCUT2D eigenvalue weighted by molar-refractivity contribution is 0.595. The van der Waals surface area contributed by atoms with Gasteiger partial charge in [-0.1, -0.05) is 6.92 Å². The van der Waals surface area contributed by atoms with Gasteiger partial charge in [-0.3, -0.25) is 14.3 Å². The molecule has 0 atom stereocenters. The van der Waals surface area contributed by atoms with Crippen molar-refractivity contribution in [2.45, 2.75) is 11.8 Å². The van der Waals surface area contributed by atoms with Crippen LogP contribution in [-0.2, 0) is 9.84 Å². The minimum atomic E-state index is -3.52. The molecule has 0 aromatic carbocycles. The van der Waals surface area contributed by atoms with Gasteiger partial charge in [-0.15, -0.1) is 0 Å². The SMILES string of the molecule is CCS(=O)(=O)c1cccnc1-n1ccc(=O)[nH]c1=O. The van der Waals surface area contributed by atoms with Crippen LogP contribution >= 0.6 is 0 Å². The highest BCUT2D eigenvalue weighted by Crippen LogP contribution is 2.16. The molecule has 8 heteroatoms. The number of H-pyrrole nitrogens is 1. The van der Waals surface area contributed by atoms with Crippen LogP contribution < -0.4 is 11.2 Å². The second-order valence-corrected chi connectivity index (χ2v) is 5.96. The van der Waals surface area contributed by atoms with Gasteiger partial charge in [-0.05, 0) is 12.1 Å². The Balaban J connectivity index is 2.78. The molecule has 0 aliphatic carbocycles. The minimum absolute atomic E-state index is 0.0226. The number of hydrogen-bond acceptors (Lipinski definition) is 5. The molecule has 0 spiro atoms. The van der Waals surface area contributed by atoms with Crippen LogP contribution in [-0.4, -0.2) is 28.7 Å². The summed E-state index contributed by atoms with van der Waals surface area (Å²) < 4.78 is 24.9. The van der Waals surface area contributed by atoms with E-state index in [9.17, 15) is 18.0 Å². The standard InChI is InChI=1S/C11H11N3O4S/c1-2-19(17,18)8-4-3-6-12-10(8)14-7-5-9(15)13-11(14)16/h3-7H,2H2,1H3,(H,13,15,16). The van der Waals surface area contributed by atoms with Crippen molar-refractivity contribution in [3.63, 3.8) is 0 Å². The molecule has 0 aliphatic heterocycles. The number of aromatic nitrogens is 3. The third-order valence-electron chi connectivity index (χ3n) is 2.52. The molecule has 19 heavy (non-hydrogen) atoms. The van der Waals surface area contributed by atoms with E-state index in [0.29, 0.717) is 0 Å². The average Bonchev–Trinajstić information content (AvgIpc) is 2.39. The van der Waals surface area contributed by atoms with Crippen molar-refractivity contribution in [3.8, 4) is 5.82 Å². The first-order valence-electron chi connectivity index (χ1n) is 5.46. The van der Waals surface area contributed by atoms with Crippen LogP contribution in [0.4, 0.5) is 0 Å². The van der Waals surface area contributed by atoms with Gasteiger partial charge in [-0.2, -0.15) is 0 Å². The zero-order valence-electron chi connectivity index (χ0n) is 10.0. The Kier molecular flexibility index (Phi) is 3.34. The molecular formula is C11H11N3O4S. The van der Waals surface area contributed by atoms with E-state index in [2.05, 4.69) is 9.97 Å². The van der Waals surface area contributed by atoms with E-state index >= 15 is 0 Å². The predicted molar refractivity (Wildman–Crippen MR) is 68.2 cm³/mol. The van der Waals surface area contributed by atoms with Gasteiger partial charge in [0.05, 0.1) is 5.75 Å². The highest BCUT2D eigenvalue weighted by Gasteiger charge is 2.19. The summed E-state index contributed by atoms with van der Waals surface area (Å²) in [5.74, 6) is -0.130. The van der Waals surface area contributed by atoms with Gasteiger partial charge < -0.3 is 0 Å². The maximum atomic E-state index is 11.9. The molecule has 1 N–H and O–H groups in total. The van der Waals surface area contributed by atoms with Crippen molar-refractivity contribution in [2.24, 2.45) is 0 Å². The number of hydrogen-bond donors (Lipinski definition) is 1. The molecule has 0 fully saturated rings. The molecule has 2 heterocycles. The van der Waals surface area contributed by atoms with Gasteiger partial charge in [0.15, 0.2) is 15.7 Å². The fraction of sp³-hybridized carbons (Fsp3) is 0.182. The van der Waals surface area contributed by atoms with Gasteiger partial charge in [0.1, 0.15) is 4.90 Å². The van der Waals surface area contributed by atoms with E-state index in [1.807, 2.05) is 0 Å². The Morgan fingerprint density at radius 1 is 1.32 bits per heavy atom. The fourth-order valence-corrected chi connectivity index (χ4v) is 2.57. The Morgan fingerprint density at radius 3 is 2.68 bits per heavy atom. The average molecular weight is 281 g/mol. The lowest BCUT2D eigenvalue weighted by Gasteiger charge is -2.09. The summed E-state index contributed by atoms with van der Waals surface area (Å²) in [6.45, 7) is 1.50. The van der Waals surface area contributed by atoms with Gasteiger partial charge in [0.2, 0.25) is 0 Å². The lowest BCUT2D eigenvalue weighted by atomic mass is 10.4. The summed E-state index contributed by atoms with van der Waals surface area (Å²) >= 11 is 0. The van der Waals surface area contributed by atoms with Crippen molar-refractivity contribution < 1.29 is 8.42 Å². The molecule has 0 aliphatic rings. The maximum absolute atomic E-state index is 11.9. The van der Waals surface area contributed by atoms with Crippen LogP contribution in [0.15, 0.2) is 45.1 Å². The summed E-state index contributed by atoms with van der Waals surface area (Å²) in [5.41, 5.74) is -1.30. The van der Waals surface area contributed by atoms with Gasteiger partial charge in [-0.25, -0.2) is 18.2 Å². The quantitative estimate of drug-likeness (QED) is 0.833. The highest BCUT2D eigenvalue weighted by atomic mass is 32.2. The molecule has 2 rings (SSSR count). The maximum Gasteiger partial charge on any atom is 0.334 e. The molecule has 0 radical (unpaired) electrons. The van der Waals surface area contributed by atoms with Gasteiger partial charge >= 0.3 is 5.69 Å². The number of nitrogens with zero attached hydrogens (tertiary/aromatic N) is 2. The third kappa shape index (κ3) is 2.48. The number of pyridine rings is 1. The summed E-state index contributed by atoms with van der Waals surface area (Å²) in [4.78, 5) is 28.6. The first kappa shape index (κ1) is 13.2. The van der Waals surface area contributed by atoms with Crippen molar-refractivity contribution >= 4 is 9.84 Å². The second-order valence-electron chi connectivity index (χ2n) is 3.71. The van der Waals surface area contributed by atoms with Crippen LogP contribution in [0, 0.1) is 0 Å². The molecule has 0 unspecified atom stereocenters. The Labute approximate surface area is 108 Å². The van der Waals surface area contributed by atoms with E-state index in [0.717, 1.165) is 10.6 Å². The van der Waals surface area contributed by atoms with E-state index < -0.39 is 21.1 Å². The normalized spacial score (nSPS) is 11.4. The minimum Gasteiger partial charge on any atom is -0.274 e. The molecule has 0 saturated carbocycles. The lowest BCUT2D eigenvalue weighted by Crippen LogP contribution is -2.29. The topological polar surface area (TPSA) is 102 Å². The molecule has 0 bridgehead atoms. The van der Waals surface area contributed by atoms with Crippen LogP contribution in [0.25, 0.3) is 5.82 Å². The van der Waals surface area contributed by atoms with Crippen LogP contribution in [0.2, 0.25) is 0 Å². The largest absolute Gasteiger partial charge is 0.334 e. The molecule has 2 aromatic rings. The number of nitrogens with one attached hydrogen (secondary N) is 1. The number of rotatable bonds is 3. The highest BCUT2D eigenvalue weighted by molar-refractivity contribution is 7.91. The smallest absolute Gasteiger partial charge is 0.274 e. The number of sulfone groups is 1. The van der Waals surface area contributed by atoms with Crippen LogP contribution in [0.5, 0.6) is 0 Å². The Bertz CT molecular complexity index is 820. The summed E-state index contributed by atoms with van der Waals surface area (Å²) in [7, 11) is -3.52. The zero-order valence-corrected chi connectivity index (χ0v) is 10.8. The summed E-state index contributed by atoms with van der Waals surface area (Å²) in [6, 6.07) is 3.97. The van der Waals surface area contributed by atoms with Crippen molar-refractivity contribution in [3.05, 3.63) is 51.4 Å². The van der Waals surface area contributed by atoms with Crippen molar-refractivity contribution in [1.29, 1.82) is 0 Å². The summed E-state index contributed by atoms with van der Waals surface area (Å²) in [5, 5.41) is 0. The van der Waals surface area contributed by atoms with E-state index in [4.69, 9.17) is 0 Å². The first-order valence-corrected chi connectivity index (χ1v) is 7.11. The van der Waals surface area contributed by atoms with Crippen molar-refractivity contribution in [2.75, 3.05) is 5.75 Å². The Hall–Kier alpha value is -2.22. The summed E-state index contributed by atoms with van der Waals surface area (Å²) in [6.07, 6.45) is 2.57. The monoisotopic (exact) mass is 281 g/mol. The molecule has 2 aromatic heterocycles. The second kappa shape index (κ2) is 4.81. The molecule has 0 saturated heterocycles. The van der Waals surface area contributed by atoms with Gasteiger partial charge in [0.25, 0.3) is 5.56 Å². The third-order valence-corrected chi connectivity index (χ3v) is 4.27. The van der Waals surface area contributed by atoms with E-state index in [1.54, 1.807) is 0 Å².